The molecule has 2 aromatic carbocycles. The maximum atomic E-state index is 13.1. The molecule has 3 heterocycles. The number of aromatic nitrogens is 2. The summed E-state index contributed by atoms with van der Waals surface area (Å²) in [6.07, 6.45) is 2.59. The van der Waals surface area contributed by atoms with Crippen molar-refractivity contribution < 1.29 is 19.5 Å². The fraction of sp³-hybridized carbons (Fsp3) is 0.310. The minimum atomic E-state index is -0.464. The molecular formula is C29H31N5O4S. The van der Waals surface area contributed by atoms with Gasteiger partial charge in [-0.25, -0.2) is 10.5 Å². The van der Waals surface area contributed by atoms with Gasteiger partial charge in [-0.05, 0) is 49.7 Å². The van der Waals surface area contributed by atoms with Crippen molar-refractivity contribution in [1.29, 1.82) is 0 Å². The molecule has 0 radical (unpaired) electrons. The number of hydroxylamine groups is 1. The molecule has 0 saturated carbocycles. The Balaban J connectivity index is 1.20. The topological polar surface area (TPSA) is 117 Å². The molecule has 2 amide bonds. The van der Waals surface area contributed by atoms with Crippen molar-refractivity contribution in [2.45, 2.75) is 39.0 Å². The van der Waals surface area contributed by atoms with Crippen LogP contribution in [0.15, 0.2) is 66.2 Å². The molecule has 5 rings (SSSR count). The number of carbonyl (C=O) groups excluding carboxylic acids is 2. The number of ether oxygens (including phenoxy) is 1. The fourth-order valence-electron chi connectivity index (χ4n) is 5.08. The van der Waals surface area contributed by atoms with Crippen LogP contribution in [0, 0.1) is 12.8 Å². The van der Waals surface area contributed by atoms with E-state index < -0.39 is 5.91 Å². The second-order valence-electron chi connectivity index (χ2n) is 9.78. The number of aryl methyl sites for hydroxylation is 1. The van der Waals surface area contributed by atoms with E-state index in [9.17, 15) is 9.59 Å². The molecule has 1 fully saturated rings. The van der Waals surface area contributed by atoms with Gasteiger partial charge in [-0.1, -0.05) is 18.2 Å². The summed E-state index contributed by atoms with van der Waals surface area (Å²) >= 11 is 1.59. The molecule has 9 nitrogen and oxygen atoms in total. The first kappa shape index (κ1) is 26.7. The van der Waals surface area contributed by atoms with Crippen LogP contribution >= 0.6 is 11.3 Å². The van der Waals surface area contributed by atoms with E-state index in [1.54, 1.807) is 47.3 Å². The number of nitrogens with one attached hydrogen (secondary N) is 2. The second-order valence-corrected chi connectivity index (χ2v) is 10.8. The number of fused-ring (bicyclic) bond motifs is 1. The minimum absolute atomic E-state index is 0.117. The zero-order valence-electron chi connectivity index (χ0n) is 21.7. The van der Waals surface area contributed by atoms with E-state index >= 15 is 0 Å². The Kier molecular flexibility index (Phi) is 8.45. The molecular weight excluding hydrogens is 514 g/mol. The Hall–Kier alpha value is -3.86. The summed E-state index contributed by atoms with van der Waals surface area (Å²) in [6.45, 7) is 4.45. The molecule has 1 aliphatic heterocycles. The van der Waals surface area contributed by atoms with Crippen molar-refractivity contribution in [3.8, 4) is 5.75 Å². The van der Waals surface area contributed by atoms with Gasteiger partial charge in [0.05, 0.1) is 12.1 Å². The Labute approximate surface area is 230 Å². The molecule has 1 aliphatic rings. The molecule has 2 atom stereocenters. The van der Waals surface area contributed by atoms with Crippen molar-refractivity contribution in [2.24, 2.45) is 5.92 Å². The van der Waals surface area contributed by atoms with Crippen LogP contribution in [-0.2, 0) is 17.9 Å². The number of rotatable bonds is 9. The van der Waals surface area contributed by atoms with Crippen molar-refractivity contribution in [2.75, 3.05) is 13.1 Å². The number of carbonyl (C=O) groups is 2. The van der Waals surface area contributed by atoms with Gasteiger partial charge in [0.1, 0.15) is 17.4 Å². The number of thiazole rings is 1. The first-order valence-corrected chi connectivity index (χ1v) is 13.8. The van der Waals surface area contributed by atoms with Crippen LogP contribution < -0.4 is 15.5 Å². The van der Waals surface area contributed by atoms with Crippen LogP contribution in [-0.4, -0.2) is 51.0 Å². The average Bonchev–Trinajstić information content (AvgIpc) is 3.46. The van der Waals surface area contributed by atoms with Crippen LogP contribution in [0.2, 0.25) is 0 Å². The van der Waals surface area contributed by atoms with Crippen molar-refractivity contribution in [3.63, 3.8) is 0 Å². The number of likely N-dealkylation sites (tertiary alicyclic amines) is 1. The van der Waals surface area contributed by atoms with E-state index in [0.29, 0.717) is 37.4 Å². The highest BCUT2D eigenvalue weighted by atomic mass is 32.1. The van der Waals surface area contributed by atoms with E-state index in [1.807, 2.05) is 42.6 Å². The molecule has 2 aromatic heterocycles. The number of nitrogens with zero attached hydrogens (tertiary/aromatic N) is 3. The standard InChI is InChI=1S/C29H31N5O4S/c1-19-14-22(24-4-2-3-5-26(24)31-19)18-38-23-8-6-20(7-9-23)29(36)32-25-10-12-34(17-28-30-11-13-39-28)16-21(25)15-27(35)33-37/h2-9,11,13-14,21,25,37H,10,12,15-18H2,1H3,(H,32,36)(H,33,35)/t21-,25+/m0/s1. The van der Waals surface area contributed by atoms with Crippen molar-refractivity contribution in [1.82, 2.24) is 25.7 Å². The second kappa shape index (κ2) is 12.3. The first-order valence-electron chi connectivity index (χ1n) is 12.9. The summed E-state index contributed by atoms with van der Waals surface area (Å²) in [7, 11) is 0. The zero-order valence-corrected chi connectivity index (χ0v) is 22.5. The largest absolute Gasteiger partial charge is 0.489 e. The summed E-state index contributed by atoms with van der Waals surface area (Å²) in [4.78, 5) is 36.2. The average molecular weight is 546 g/mol. The molecule has 0 spiro atoms. The summed E-state index contributed by atoms with van der Waals surface area (Å²) in [5.41, 5.74) is 5.17. The normalized spacial score (nSPS) is 17.6. The SMILES string of the molecule is Cc1cc(COc2ccc(C(=O)N[C@@H]3CCN(Cc4nccs4)C[C@@H]3CC(=O)NO)cc2)c2ccccc2n1. The third-order valence-corrected chi connectivity index (χ3v) is 7.75. The Bertz CT molecular complexity index is 1430. The number of piperidine rings is 1. The van der Waals surface area contributed by atoms with E-state index in [-0.39, 0.29) is 24.3 Å². The summed E-state index contributed by atoms with van der Waals surface area (Å²) < 4.78 is 6.03. The molecule has 39 heavy (non-hydrogen) atoms. The van der Waals surface area contributed by atoms with Gasteiger partial charge in [0, 0.05) is 65.3 Å². The smallest absolute Gasteiger partial charge is 0.251 e. The van der Waals surface area contributed by atoms with Gasteiger partial charge in [0.15, 0.2) is 0 Å². The molecule has 10 heteroatoms. The van der Waals surface area contributed by atoms with Crippen LogP contribution in [0.25, 0.3) is 10.9 Å². The predicted octanol–water partition coefficient (Wildman–Crippen LogP) is 4.09. The molecule has 0 aliphatic carbocycles. The number of hydrogen-bond donors (Lipinski definition) is 3. The lowest BCUT2D eigenvalue weighted by Crippen LogP contribution is -2.51. The maximum absolute atomic E-state index is 13.1. The number of hydrogen-bond acceptors (Lipinski definition) is 8. The quantitative estimate of drug-likeness (QED) is 0.214. The van der Waals surface area contributed by atoms with E-state index in [0.717, 1.165) is 33.7 Å². The monoisotopic (exact) mass is 545 g/mol. The highest BCUT2D eigenvalue weighted by molar-refractivity contribution is 7.09. The Morgan fingerprint density at radius 1 is 1.18 bits per heavy atom. The fourth-order valence-corrected chi connectivity index (χ4v) is 5.74. The van der Waals surface area contributed by atoms with Crippen LogP contribution in [0.1, 0.15) is 39.5 Å². The Morgan fingerprint density at radius 2 is 2.00 bits per heavy atom. The summed E-state index contributed by atoms with van der Waals surface area (Å²) in [5, 5.41) is 16.2. The Morgan fingerprint density at radius 3 is 2.77 bits per heavy atom. The van der Waals surface area contributed by atoms with Crippen LogP contribution in [0.4, 0.5) is 0 Å². The maximum Gasteiger partial charge on any atom is 0.251 e. The number of amides is 2. The van der Waals surface area contributed by atoms with Gasteiger partial charge in [0.25, 0.3) is 5.91 Å². The third-order valence-electron chi connectivity index (χ3n) is 6.99. The van der Waals surface area contributed by atoms with Crippen LogP contribution in [0.3, 0.4) is 0 Å². The number of pyridine rings is 1. The molecule has 0 bridgehead atoms. The lowest BCUT2D eigenvalue weighted by molar-refractivity contribution is -0.130. The van der Waals surface area contributed by atoms with Gasteiger partial charge in [-0.3, -0.25) is 24.7 Å². The highest BCUT2D eigenvalue weighted by Gasteiger charge is 2.32. The van der Waals surface area contributed by atoms with Crippen molar-refractivity contribution >= 4 is 34.1 Å². The van der Waals surface area contributed by atoms with E-state index in [2.05, 4.69) is 20.2 Å². The minimum Gasteiger partial charge on any atom is -0.489 e. The van der Waals surface area contributed by atoms with Gasteiger partial charge >= 0.3 is 0 Å². The van der Waals surface area contributed by atoms with Gasteiger partial charge < -0.3 is 10.1 Å². The summed E-state index contributed by atoms with van der Waals surface area (Å²) in [6, 6.07) is 16.9. The van der Waals surface area contributed by atoms with Gasteiger partial charge in [0.2, 0.25) is 5.91 Å². The predicted molar refractivity (Wildman–Crippen MR) is 149 cm³/mol. The van der Waals surface area contributed by atoms with E-state index in [4.69, 9.17) is 9.94 Å². The summed E-state index contributed by atoms with van der Waals surface area (Å²) in [5.74, 6) is -0.145. The zero-order chi connectivity index (χ0) is 27.2. The number of para-hydroxylation sites is 1. The molecule has 4 aromatic rings. The third kappa shape index (κ3) is 6.78. The lowest BCUT2D eigenvalue weighted by Gasteiger charge is -2.38. The first-order chi connectivity index (χ1) is 19.0. The molecule has 0 unspecified atom stereocenters. The molecule has 1 saturated heterocycles. The van der Waals surface area contributed by atoms with Crippen LogP contribution in [0.5, 0.6) is 5.75 Å². The lowest BCUT2D eigenvalue weighted by atomic mass is 9.88. The molecule has 202 valence electrons. The van der Waals surface area contributed by atoms with E-state index in [1.165, 1.54) is 0 Å². The number of benzene rings is 2. The van der Waals surface area contributed by atoms with Crippen molar-refractivity contribution in [3.05, 3.63) is 88.0 Å². The molecule has 3 N–H and O–H groups in total. The van der Waals surface area contributed by atoms with Gasteiger partial charge in [-0.2, -0.15) is 0 Å². The van der Waals surface area contributed by atoms with Gasteiger partial charge in [-0.15, -0.1) is 11.3 Å². The highest BCUT2D eigenvalue weighted by Crippen LogP contribution is 2.24.